The molecule has 0 atom stereocenters. The highest BCUT2D eigenvalue weighted by Crippen LogP contribution is 2.31. The Balaban J connectivity index is 1.52. The number of hydrogen-bond acceptors (Lipinski definition) is 10. The first kappa shape index (κ1) is 31.3. The fraction of sp³-hybridized carbons (Fsp3) is 0.400. The van der Waals surface area contributed by atoms with Crippen LogP contribution >= 0.6 is 0 Å². The number of hydrogen-bond donors (Lipinski definition) is 3. The van der Waals surface area contributed by atoms with Crippen LogP contribution in [0.4, 0.5) is 5.82 Å². The van der Waals surface area contributed by atoms with Gasteiger partial charge in [-0.2, -0.15) is 0 Å². The second-order valence-corrected chi connectivity index (χ2v) is 10.6. The molecule has 228 valence electrons. The number of aliphatic carboxylic acids is 1. The highest BCUT2D eigenvalue weighted by Gasteiger charge is 2.25. The lowest BCUT2D eigenvalue weighted by Gasteiger charge is -2.20. The Labute approximate surface area is 247 Å². The third-order valence-corrected chi connectivity index (χ3v) is 6.61. The monoisotopic (exact) mass is 593 g/mol. The van der Waals surface area contributed by atoms with Gasteiger partial charge in [0.05, 0.1) is 29.8 Å². The number of nitrogens with zero attached hydrogens (tertiary/aromatic N) is 4. The molecule has 0 saturated heterocycles. The number of pyridine rings is 1. The van der Waals surface area contributed by atoms with Crippen LogP contribution < -0.4 is 5.32 Å². The summed E-state index contributed by atoms with van der Waals surface area (Å²) in [4.78, 5) is 58.3. The van der Waals surface area contributed by atoms with E-state index in [9.17, 15) is 29.4 Å². The Hall–Kier alpha value is -4.62. The summed E-state index contributed by atoms with van der Waals surface area (Å²) < 4.78 is 12.7. The number of carbonyl (C=O) groups excluding carboxylic acids is 3. The number of unbranched alkanes of at least 4 members (excludes halogenated alkanes) is 2. The van der Waals surface area contributed by atoms with Gasteiger partial charge in [0, 0.05) is 36.9 Å². The van der Waals surface area contributed by atoms with Gasteiger partial charge in [-0.1, -0.05) is 18.2 Å². The Morgan fingerprint density at radius 3 is 2.47 bits per heavy atom. The number of carboxylic acid groups (broad SMARTS) is 1. The molecule has 2 aromatic heterocycles. The summed E-state index contributed by atoms with van der Waals surface area (Å²) >= 11 is 0. The van der Waals surface area contributed by atoms with Crippen molar-refractivity contribution in [2.24, 2.45) is 0 Å². The molecule has 4 rings (SSSR count). The topological polar surface area (TPSA) is 173 Å². The number of aliphatic hydroxyl groups is 1. The van der Waals surface area contributed by atoms with E-state index in [1.165, 1.54) is 12.2 Å². The van der Waals surface area contributed by atoms with Crippen molar-refractivity contribution in [1.29, 1.82) is 0 Å². The number of imidazole rings is 1. The number of rotatable bonds is 15. The number of imide groups is 1. The molecule has 0 aliphatic carbocycles. The van der Waals surface area contributed by atoms with E-state index in [1.807, 2.05) is 29.7 Å². The molecule has 13 heteroatoms. The number of para-hydroxylation sites is 1. The summed E-state index contributed by atoms with van der Waals surface area (Å²) in [5.41, 5.74) is -0.0262. The first-order valence-corrected chi connectivity index (χ1v) is 14.0. The maximum absolute atomic E-state index is 12.6. The van der Waals surface area contributed by atoms with Crippen molar-refractivity contribution in [2.45, 2.75) is 58.8 Å². The van der Waals surface area contributed by atoms with Crippen LogP contribution in [0.2, 0.25) is 0 Å². The molecule has 0 saturated carbocycles. The molecule has 0 fully saturated rings. The average molecular weight is 594 g/mol. The fourth-order valence-electron chi connectivity index (χ4n) is 4.63. The van der Waals surface area contributed by atoms with Crippen LogP contribution in [-0.4, -0.2) is 78.8 Å². The quantitative estimate of drug-likeness (QED) is 0.0590. The van der Waals surface area contributed by atoms with Gasteiger partial charge in [-0.25, -0.2) is 19.6 Å². The van der Waals surface area contributed by atoms with Gasteiger partial charge < -0.3 is 29.6 Å². The summed E-state index contributed by atoms with van der Waals surface area (Å²) in [7, 11) is 0. The summed E-state index contributed by atoms with van der Waals surface area (Å²) in [6.45, 7) is 6.30. The van der Waals surface area contributed by atoms with E-state index in [2.05, 4.69) is 10.3 Å². The number of anilines is 1. The lowest BCUT2D eigenvalue weighted by atomic mass is 10.1. The lowest BCUT2D eigenvalue weighted by molar-refractivity contribution is -0.144. The summed E-state index contributed by atoms with van der Waals surface area (Å²) in [6, 6.07) is 7.36. The van der Waals surface area contributed by atoms with Crippen molar-refractivity contribution < 1.29 is 38.9 Å². The number of carboxylic acids is 1. The molecule has 2 amide bonds. The molecule has 0 unspecified atom stereocenters. The number of benzene rings is 1. The molecule has 1 aliphatic heterocycles. The van der Waals surface area contributed by atoms with E-state index in [0.29, 0.717) is 48.2 Å². The number of ether oxygens (including phenoxy) is 2. The van der Waals surface area contributed by atoms with Gasteiger partial charge >= 0.3 is 11.9 Å². The van der Waals surface area contributed by atoms with Crippen LogP contribution in [0.5, 0.6) is 0 Å². The van der Waals surface area contributed by atoms with Crippen molar-refractivity contribution in [3.05, 3.63) is 54.0 Å². The fourth-order valence-corrected chi connectivity index (χ4v) is 4.63. The number of amides is 2. The molecule has 3 N–H and O–H groups in total. The minimum absolute atomic E-state index is 0.0375. The first-order valence-electron chi connectivity index (χ1n) is 14.0. The van der Waals surface area contributed by atoms with Gasteiger partial charge in [0.2, 0.25) is 0 Å². The summed E-state index contributed by atoms with van der Waals surface area (Å²) in [6.07, 6.45) is 4.97. The van der Waals surface area contributed by atoms with E-state index in [0.717, 1.165) is 16.5 Å². The third-order valence-electron chi connectivity index (χ3n) is 6.61. The van der Waals surface area contributed by atoms with Gasteiger partial charge in [0.25, 0.3) is 11.8 Å². The number of carbonyl (C=O) groups is 4. The minimum Gasteiger partial charge on any atom is -0.477 e. The van der Waals surface area contributed by atoms with Gasteiger partial charge in [-0.15, -0.1) is 0 Å². The van der Waals surface area contributed by atoms with Crippen LogP contribution in [0.15, 0.2) is 48.2 Å². The number of aromatic nitrogens is 3. The summed E-state index contributed by atoms with van der Waals surface area (Å²) in [5.74, 6) is -2.46. The van der Waals surface area contributed by atoms with Crippen molar-refractivity contribution in [2.75, 3.05) is 25.1 Å². The van der Waals surface area contributed by atoms with E-state index >= 15 is 0 Å². The van der Waals surface area contributed by atoms with Crippen molar-refractivity contribution >= 4 is 51.5 Å². The van der Waals surface area contributed by atoms with Crippen LogP contribution in [0.3, 0.4) is 0 Å². The second-order valence-electron chi connectivity index (χ2n) is 10.6. The van der Waals surface area contributed by atoms with Gasteiger partial charge in [-0.05, 0) is 46.1 Å². The lowest BCUT2D eigenvalue weighted by Crippen LogP contribution is -2.30. The molecule has 1 aliphatic rings. The van der Waals surface area contributed by atoms with Gasteiger partial charge in [-0.3, -0.25) is 14.5 Å². The van der Waals surface area contributed by atoms with Crippen LogP contribution in [0.25, 0.3) is 21.9 Å². The Kier molecular flexibility index (Phi) is 9.88. The van der Waals surface area contributed by atoms with Gasteiger partial charge in [0.15, 0.2) is 11.4 Å². The Morgan fingerprint density at radius 2 is 1.79 bits per heavy atom. The molecule has 3 aromatic rings. The minimum atomic E-state index is -1.49. The maximum Gasteiger partial charge on any atom is 0.347 e. The standard InChI is InChI=1S/C30H35N5O8/c1-4-42-17-22-33-25-26(35(22)18-30(2,3)41)19-10-6-7-11-21(19)32-27(25)31-16-20(28(38)39)29(40)43-15-9-5-8-14-34-23(36)12-13-24(34)37/h6-7,10-13,16,41H,4-5,8-9,14-15,17-18H2,1-3H3,(H,31,32)(H,38,39)/b20-16+. The molecule has 1 aromatic carbocycles. The van der Waals surface area contributed by atoms with E-state index in [4.69, 9.17) is 14.5 Å². The molecule has 0 bridgehead atoms. The molecule has 13 nitrogen and oxygen atoms in total. The van der Waals surface area contributed by atoms with E-state index < -0.39 is 23.1 Å². The molecule has 0 radical (unpaired) electrons. The number of esters is 1. The third kappa shape index (κ3) is 7.62. The SMILES string of the molecule is CCOCc1nc2c(N/C=C(\C(=O)O)C(=O)OCCCCCN3C(=O)C=CC3=O)nc3ccccc3c2n1CC(C)(C)O. The van der Waals surface area contributed by atoms with Gasteiger partial charge in [0.1, 0.15) is 17.9 Å². The number of fused-ring (bicyclic) bond motifs is 3. The molecular formula is C30H35N5O8. The Bertz CT molecular complexity index is 1580. The van der Waals surface area contributed by atoms with Crippen LogP contribution in [-0.2, 0) is 41.8 Å². The first-order chi connectivity index (χ1) is 20.5. The zero-order valence-corrected chi connectivity index (χ0v) is 24.3. The van der Waals surface area contributed by atoms with E-state index in [-0.39, 0.29) is 43.9 Å². The predicted molar refractivity (Wildman–Crippen MR) is 157 cm³/mol. The molecular weight excluding hydrogens is 558 g/mol. The van der Waals surface area contributed by atoms with Crippen LogP contribution in [0.1, 0.15) is 45.9 Å². The predicted octanol–water partition coefficient (Wildman–Crippen LogP) is 2.91. The highest BCUT2D eigenvalue weighted by molar-refractivity contribution is 6.14. The molecule has 43 heavy (non-hydrogen) atoms. The van der Waals surface area contributed by atoms with E-state index in [1.54, 1.807) is 19.9 Å². The average Bonchev–Trinajstić information content (AvgIpc) is 3.47. The summed E-state index contributed by atoms with van der Waals surface area (Å²) in [5, 5.41) is 24.0. The van der Waals surface area contributed by atoms with Crippen molar-refractivity contribution in [1.82, 2.24) is 19.4 Å². The zero-order chi connectivity index (χ0) is 31.1. The van der Waals surface area contributed by atoms with Crippen molar-refractivity contribution in [3.63, 3.8) is 0 Å². The molecule has 0 spiro atoms. The van der Waals surface area contributed by atoms with Crippen LogP contribution in [0, 0.1) is 0 Å². The number of nitrogens with one attached hydrogen (secondary N) is 1. The normalized spacial score (nSPS) is 13.9. The largest absolute Gasteiger partial charge is 0.477 e. The second kappa shape index (κ2) is 13.6. The highest BCUT2D eigenvalue weighted by atomic mass is 16.5. The molecule has 3 heterocycles. The Morgan fingerprint density at radius 1 is 1.07 bits per heavy atom. The maximum atomic E-state index is 12.6. The zero-order valence-electron chi connectivity index (χ0n) is 24.3. The van der Waals surface area contributed by atoms with Crippen molar-refractivity contribution in [3.8, 4) is 0 Å². The smallest absolute Gasteiger partial charge is 0.347 e.